The lowest BCUT2D eigenvalue weighted by Crippen LogP contribution is -2.18. The number of benzene rings is 2. The van der Waals surface area contributed by atoms with E-state index in [1.807, 2.05) is 0 Å². The third kappa shape index (κ3) is 4.01. The molecule has 11 heteroatoms. The Hall–Kier alpha value is -1.67. The largest absolute Gasteiger partial charge is 0.478 e. The minimum absolute atomic E-state index is 0.237. The Balaban J connectivity index is 2.53. The summed E-state index contributed by atoms with van der Waals surface area (Å²) in [7, 11) is 0. The predicted molar refractivity (Wildman–Crippen MR) is 92.8 cm³/mol. The van der Waals surface area contributed by atoms with Gasteiger partial charge in [0, 0.05) is 5.69 Å². The smallest absolute Gasteiger partial charge is 0.416 e. The van der Waals surface area contributed by atoms with Gasteiger partial charge in [-0.3, -0.25) is 4.79 Å². The van der Waals surface area contributed by atoms with Crippen molar-refractivity contribution in [2.45, 2.75) is 6.18 Å². The number of amides is 1. The molecule has 0 atom stereocenters. The zero-order valence-electron chi connectivity index (χ0n) is 12.2. The van der Waals surface area contributed by atoms with Crippen molar-refractivity contribution >= 4 is 64.0 Å². The highest BCUT2D eigenvalue weighted by molar-refractivity contribution is 6.54. The Morgan fingerprint density at radius 2 is 1.46 bits per heavy atom. The molecule has 2 N–H and O–H groups in total. The van der Waals surface area contributed by atoms with E-state index in [1.54, 1.807) is 0 Å². The predicted octanol–water partition coefficient (Wildman–Crippen LogP) is 6.27. The fourth-order valence-electron chi connectivity index (χ4n) is 2.01. The number of aromatic carboxylic acids is 1. The molecular weight excluding hydrogens is 441 g/mol. The fourth-order valence-corrected chi connectivity index (χ4v) is 3.03. The van der Waals surface area contributed by atoms with E-state index in [2.05, 4.69) is 5.32 Å². The third-order valence-corrected chi connectivity index (χ3v) is 4.96. The topological polar surface area (TPSA) is 66.4 Å². The summed E-state index contributed by atoms with van der Waals surface area (Å²) in [6, 6.07) is 3.73. The molecule has 138 valence electrons. The zero-order chi connectivity index (χ0) is 19.8. The molecule has 2 rings (SSSR count). The van der Waals surface area contributed by atoms with Crippen LogP contribution in [0, 0.1) is 0 Å². The molecule has 0 aromatic heterocycles. The molecule has 0 radical (unpaired) electrons. The van der Waals surface area contributed by atoms with Gasteiger partial charge in [-0.05, 0) is 18.2 Å². The average Bonchev–Trinajstić information content (AvgIpc) is 2.55. The van der Waals surface area contributed by atoms with Crippen molar-refractivity contribution in [2.75, 3.05) is 5.32 Å². The first kappa shape index (κ1) is 20.6. The van der Waals surface area contributed by atoms with Gasteiger partial charge in [0.05, 0.1) is 36.8 Å². The van der Waals surface area contributed by atoms with Crippen molar-refractivity contribution < 1.29 is 27.9 Å². The van der Waals surface area contributed by atoms with Crippen molar-refractivity contribution in [3.63, 3.8) is 0 Å². The number of hydrogen-bond donors (Lipinski definition) is 2. The first-order valence-corrected chi connectivity index (χ1v) is 8.04. The van der Waals surface area contributed by atoms with Gasteiger partial charge >= 0.3 is 12.1 Å². The van der Waals surface area contributed by atoms with E-state index < -0.39 is 44.8 Å². The maximum atomic E-state index is 12.8. The first-order valence-electron chi connectivity index (χ1n) is 6.53. The molecule has 0 aliphatic heterocycles. The monoisotopic (exact) mass is 445 g/mol. The van der Waals surface area contributed by atoms with E-state index in [1.165, 1.54) is 6.07 Å². The van der Waals surface area contributed by atoms with Crippen LogP contribution in [-0.2, 0) is 6.18 Å². The molecule has 0 unspecified atom stereocenters. The molecule has 26 heavy (non-hydrogen) atoms. The molecule has 0 heterocycles. The zero-order valence-corrected chi connectivity index (χ0v) is 15.2. The second-order valence-electron chi connectivity index (χ2n) is 4.84. The van der Waals surface area contributed by atoms with Crippen LogP contribution < -0.4 is 5.32 Å². The molecule has 2 aromatic rings. The van der Waals surface area contributed by atoms with Crippen LogP contribution >= 0.6 is 46.4 Å². The molecule has 0 bridgehead atoms. The molecule has 0 aliphatic rings. The molecule has 0 saturated heterocycles. The number of rotatable bonds is 3. The summed E-state index contributed by atoms with van der Waals surface area (Å²) >= 11 is 23.3. The Labute approximate surface area is 164 Å². The molecule has 4 nitrogen and oxygen atoms in total. The van der Waals surface area contributed by atoms with Crippen LogP contribution in [0.15, 0.2) is 24.3 Å². The van der Waals surface area contributed by atoms with E-state index in [9.17, 15) is 27.9 Å². The maximum Gasteiger partial charge on any atom is 0.416 e. The number of nitrogens with one attached hydrogen (secondary N) is 1. The summed E-state index contributed by atoms with van der Waals surface area (Å²) in [6.45, 7) is 0. The van der Waals surface area contributed by atoms with Gasteiger partial charge in [0.25, 0.3) is 5.91 Å². The Morgan fingerprint density at radius 3 is 1.96 bits per heavy atom. The number of hydrogen-bond acceptors (Lipinski definition) is 2. The molecule has 2 aromatic carbocycles. The molecule has 1 amide bonds. The minimum Gasteiger partial charge on any atom is -0.478 e. The lowest BCUT2D eigenvalue weighted by molar-refractivity contribution is -0.137. The van der Waals surface area contributed by atoms with Gasteiger partial charge < -0.3 is 10.4 Å². The van der Waals surface area contributed by atoms with E-state index in [4.69, 9.17) is 46.4 Å². The van der Waals surface area contributed by atoms with Crippen LogP contribution in [0.1, 0.15) is 26.3 Å². The summed E-state index contributed by atoms with van der Waals surface area (Å²) in [5.74, 6) is -2.74. The molecule has 0 fully saturated rings. The lowest BCUT2D eigenvalue weighted by atomic mass is 10.1. The second kappa shape index (κ2) is 7.52. The third-order valence-electron chi connectivity index (χ3n) is 3.16. The number of anilines is 1. The van der Waals surface area contributed by atoms with Crippen LogP contribution in [0.3, 0.4) is 0 Å². The standard InChI is InChI=1S/C15H6Cl4F3NO3/c16-9-7(8(14(25)26)10(17)12(19)11(9)18)13(24)23-6-3-1-2-5(4-6)15(20,21)22/h1-4H,(H,23,24)(H,25,26). The van der Waals surface area contributed by atoms with Gasteiger partial charge in [-0.1, -0.05) is 52.5 Å². The first-order chi connectivity index (χ1) is 11.9. The van der Waals surface area contributed by atoms with Gasteiger partial charge in [0.2, 0.25) is 0 Å². The van der Waals surface area contributed by atoms with Crippen molar-refractivity contribution in [3.8, 4) is 0 Å². The number of carboxylic acids is 1. The van der Waals surface area contributed by atoms with E-state index in [-0.39, 0.29) is 15.7 Å². The van der Waals surface area contributed by atoms with E-state index in [0.717, 1.165) is 12.1 Å². The number of carboxylic acid groups (broad SMARTS) is 1. The van der Waals surface area contributed by atoms with Crippen LogP contribution in [0.4, 0.5) is 18.9 Å². The fraction of sp³-hybridized carbons (Fsp3) is 0.0667. The van der Waals surface area contributed by atoms with Crippen LogP contribution in [0.25, 0.3) is 0 Å². The minimum atomic E-state index is -4.63. The highest BCUT2D eigenvalue weighted by Gasteiger charge is 2.31. The van der Waals surface area contributed by atoms with Crippen molar-refractivity contribution in [1.29, 1.82) is 0 Å². The van der Waals surface area contributed by atoms with Crippen molar-refractivity contribution in [1.82, 2.24) is 0 Å². The maximum absolute atomic E-state index is 12.8. The van der Waals surface area contributed by atoms with Crippen LogP contribution in [0.5, 0.6) is 0 Å². The molecular formula is C15H6Cl4F3NO3. The quantitative estimate of drug-likeness (QED) is 0.431. The molecule has 0 aliphatic carbocycles. The molecule has 0 saturated carbocycles. The summed E-state index contributed by atoms with van der Waals surface area (Å²) in [5.41, 5.74) is -2.60. The van der Waals surface area contributed by atoms with Crippen LogP contribution in [-0.4, -0.2) is 17.0 Å². The Morgan fingerprint density at radius 1 is 0.923 bits per heavy atom. The summed E-state index contributed by atoms with van der Waals surface area (Å²) in [5, 5.41) is 9.66. The van der Waals surface area contributed by atoms with Gasteiger partial charge in [-0.25, -0.2) is 4.79 Å². The van der Waals surface area contributed by atoms with Gasteiger partial charge in [-0.2, -0.15) is 13.2 Å². The number of carbonyl (C=O) groups is 2. The lowest BCUT2D eigenvalue weighted by Gasteiger charge is -2.14. The van der Waals surface area contributed by atoms with Gasteiger partial charge in [0.1, 0.15) is 0 Å². The van der Waals surface area contributed by atoms with Crippen molar-refractivity contribution in [2.24, 2.45) is 0 Å². The second-order valence-corrected chi connectivity index (χ2v) is 6.36. The van der Waals surface area contributed by atoms with Crippen molar-refractivity contribution in [3.05, 3.63) is 61.0 Å². The summed E-state index contributed by atoms with van der Waals surface area (Å²) in [4.78, 5) is 23.9. The summed E-state index contributed by atoms with van der Waals surface area (Å²) in [6.07, 6.45) is -4.63. The van der Waals surface area contributed by atoms with E-state index in [0.29, 0.717) is 6.07 Å². The normalized spacial score (nSPS) is 11.3. The number of carbonyl (C=O) groups excluding carboxylic acids is 1. The highest BCUT2D eigenvalue weighted by atomic mass is 35.5. The van der Waals surface area contributed by atoms with Gasteiger partial charge in [-0.15, -0.1) is 0 Å². The van der Waals surface area contributed by atoms with Gasteiger partial charge in [0.15, 0.2) is 0 Å². The highest BCUT2D eigenvalue weighted by Crippen LogP contribution is 2.42. The van der Waals surface area contributed by atoms with Crippen LogP contribution in [0.2, 0.25) is 20.1 Å². The number of halogens is 7. The average molecular weight is 447 g/mol. The Kier molecular flexibility index (Phi) is 5.97. The molecule has 0 spiro atoms. The summed E-state index contributed by atoms with van der Waals surface area (Å²) < 4.78 is 38.3. The SMILES string of the molecule is O=C(O)c1c(Cl)c(Cl)c(Cl)c(Cl)c1C(=O)Nc1cccc(C(F)(F)F)c1. The number of alkyl halides is 3. The van der Waals surface area contributed by atoms with E-state index >= 15 is 0 Å². The Bertz CT molecular complexity index is 916.